The van der Waals surface area contributed by atoms with Crippen LogP contribution in [0.4, 0.5) is 0 Å². The van der Waals surface area contributed by atoms with Gasteiger partial charge in [0, 0.05) is 6.04 Å². The standard InChI is InChI=1S/C13H27N/c1-4-10(2)13-9-12(14)8-6-5-7-11(13)3/h10-13H,4-9,14H2,1-3H3. The van der Waals surface area contributed by atoms with Gasteiger partial charge in [0.2, 0.25) is 0 Å². The smallest absolute Gasteiger partial charge is 0.00416 e. The molecule has 1 rings (SSSR count). The molecule has 1 aliphatic rings. The monoisotopic (exact) mass is 197 g/mol. The minimum absolute atomic E-state index is 0.469. The van der Waals surface area contributed by atoms with E-state index in [0.29, 0.717) is 6.04 Å². The Hall–Kier alpha value is -0.0400. The van der Waals surface area contributed by atoms with Crippen molar-refractivity contribution in [1.29, 1.82) is 0 Å². The number of rotatable bonds is 2. The Morgan fingerprint density at radius 2 is 1.93 bits per heavy atom. The van der Waals surface area contributed by atoms with Crippen LogP contribution < -0.4 is 5.73 Å². The molecule has 0 amide bonds. The van der Waals surface area contributed by atoms with Crippen molar-refractivity contribution in [2.75, 3.05) is 0 Å². The third-order valence-corrected chi connectivity index (χ3v) is 4.17. The Kier molecular flexibility index (Phi) is 4.94. The quantitative estimate of drug-likeness (QED) is 0.719. The summed E-state index contributed by atoms with van der Waals surface area (Å²) in [6.45, 7) is 7.13. The summed E-state index contributed by atoms with van der Waals surface area (Å²) in [6, 6.07) is 0.469. The van der Waals surface area contributed by atoms with Crippen LogP contribution in [0, 0.1) is 17.8 Å². The Morgan fingerprint density at radius 1 is 1.29 bits per heavy atom. The number of hydrogen-bond acceptors (Lipinski definition) is 1. The molecule has 0 heterocycles. The van der Waals surface area contributed by atoms with Gasteiger partial charge in [0.05, 0.1) is 0 Å². The molecule has 2 N–H and O–H groups in total. The van der Waals surface area contributed by atoms with Gasteiger partial charge in [-0.3, -0.25) is 0 Å². The van der Waals surface area contributed by atoms with Crippen LogP contribution in [0.2, 0.25) is 0 Å². The van der Waals surface area contributed by atoms with Crippen molar-refractivity contribution in [3.05, 3.63) is 0 Å². The zero-order valence-electron chi connectivity index (χ0n) is 10.1. The lowest BCUT2D eigenvalue weighted by molar-refractivity contribution is 0.189. The van der Waals surface area contributed by atoms with Gasteiger partial charge in [0.15, 0.2) is 0 Å². The van der Waals surface area contributed by atoms with E-state index in [-0.39, 0.29) is 0 Å². The van der Waals surface area contributed by atoms with E-state index in [4.69, 9.17) is 5.73 Å². The maximum Gasteiger partial charge on any atom is 0.00416 e. The van der Waals surface area contributed by atoms with Crippen molar-refractivity contribution < 1.29 is 0 Å². The summed E-state index contributed by atoms with van der Waals surface area (Å²) < 4.78 is 0. The Bertz CT molecular complexity index is 155. The molecule has 1 aliphatic carbocycles. The summed E-state index contributed by atoms with van der Waals surface area (Å²) in [4.78, 5) is 0. The molecule has 4 unspecified atom stereocenters. The van der Waals surface area contributed by atoms with Gasteiger partial charge in [-0.25, -0.2) is 0 Å². The summed E-state index contributed by atoms with van der Waals surface area (Å²) in [5, 5.41) is 0. The SMILES string of the molecule is CCC(C)C1CC(N)CCCCC1C. The van der Waals surface area contributed by atoms with Crippen molar-refractivity contribution in [1.82, 2.24) is 0 Å². The van der Waals surface area contributed by atoms with E-state index >= 15 is 0 Å². The highest BCUT2D eigenvalue weighted by Gasteiger charge is 2.25. The molecule has 0 aliphatic heterocycles. The van der Waals surface area contributed by atoms with E-state index in [1.165, 1.54) is 38.5 Å². The molecule has 0 spiro atoms. The lowest BCUT2D eigenvalue weighted by atomic mass is 9.74. The third kappa shape index (κ3) is 3.27. The highest BCUT2D eigenvalue weighted by Crippen LogP contribution is 2.33. The molecule has 1 saturated carbocycles. The van der Waals surface area contributed by atoms with Gasteiger partial charge in [-0.1, -0.05) is 46.5 Å². The van der Waals surface area contributed by atoms with Crippen LogP contribution in [0.15, 0.2) is 0 Å². The van der Waals surface area contributed by atoms with Crippen LogP contribution in [0.1, 0.15) is 59.3 Å². The second kappa shape index (κ2) is 5.75. The normalized spacial score (nSPS) is 37.3. The molecular formula is C13H27N. The zero-order chi connectivity index (χ0) is 10.6. The van der Waals surface area contributed by atoms with Crippen molar-refractivity contribution in [2.24, 2.45) is 23.5 Å². The average Bonchev–Trinajstić information content (AvgIpc) is 2.17. The minimum Gasteiger partial charge on any atom is -0.328 e. The van der Waals surface area contributed by atoms with E-state index in [1.54, 1.807) is 0 Å². The Balaban J connectivity index is 2.56. The largest absolute Gasteiger partial charge is 0.328 e. The molecule has 1 nitrogen and oxygen atoms in total. The highest BCUT2D eigenvalue weighted by molar-refractivity contribution is 4.79. The summed E-state index contributed by atoms with van der Waals surface area (Å²) in [7, 11) is 0. The van der Waals surface area contributed by atoms with Gasteiger partial charge in [-0.15, -0.1) is 0 Å². The van der Waals surface area contributed by atoms with Crippen LogP contribution in [-0.4, -0.2) is 6.04 Å². The molecule has 0 aromatic carbocycles. The fourth-order valence-electron chi connectivity index (χ4n) is 2.88. The zero-order valence-corrected chi connectivity index (χ0v) is 10.1. The third-order valence-electron chi connectivity index (χ3n) is 4.17. The maximum atomic E-state index is 6.15. The average molecular weight is 197 g/mol. The lowest BCUT2D eigenvalue weighted by Crippen LogP contribution is -2.31. The van der Waals surface area contributed by atoms with Crippen LogP contribution in [0.5, 0.6) is 0 Å². The molecule has 0 aromatic heterocycles. The van der Waals surface area contributed by atoms with E-state index in [0.717, 1.165) is 17.8 Å². The summed E-state index contributed by atoms with van der Waals surface area (Å²) >= 11 is 0. The van der Waals surface area contributed by atoms with Crippen LogP contribution >= 0.6 is 0 Å². The van der Waals surface area contributed by atoms with Crippen LogP contribution in [-0.2, 0) is 0 Å². The summed E-state index contributed by atoms with van der Waals surface area (Å²) in [5.41, 5.74) is 6.15. The van der Waals surface area contributed by atoms with Crippen molar-refractivity contribution in [3.63, 3.8) is 0 Å². The van der Waals surface area contributed by atoms with Gasteiger partial charge in [-0.2, -0.15) is 0 Å². The van der Waals surface area contributed by atoms with Crippen molar-refractivity contribution >= 4 is 0 Å². The van der Waals surface area contributed by atoms with Crippen molar-refractivity contribution in [3.8, 4) is 0 Å². The molecule has 84 valence electrons. The Labute approximate surface area is 89.5 Å². The molecule has 1 heteroatoms. The predicted molar refractivity (Wildman–Crippen MR) is 63.2 cm³/mol. The van der Waals surface area contributed by atoms with Gasteiger partial charge < -0.3 is 5.73 Å². The first-order valence-corrected chi connectivity index (χ1v) is 6.40. The second-order valence-corrected chi connectivity index (χ2v) is 5.31. The first kappa shape index (κ1) is 12.0. The molecular weight excluding hydrogens is 170 g/mol. The second-order valence-electron chi connectivity index (χ2n) is 5.31. The molecule has 14 heavy (non-hydrogen) atoms. The van der Waals surface area contributed by atoms with E-state index in [1.807, 2.05) is 0 Å². The number of nitrogens with two attached hydrogens (primary N) is 1. The van der Waals surface area contributed by atoms with Gasteiger partial charge in [-0.05, 0) is 30.6 Å². The molecule has 1 fully saturated rings. The fourth-order valence-corrected chi connectivity index (χ4v) is 2.88. The van der Waals surface area contributed by atoms with Gasteiger partial charge in [0.25, 0.3) is 0 Å². The predicted octanol–water partition coefficient (Wildman–Crippen LogP) is 3.58. The molecule has 0 bridgehead atoms. The summed E-state index contributed by atoms with van der Waals surface area (Å²) in [6.07, 6.45) is 7.97. The fraction of sp³-hybridized carbons (Fsp3) is 1.00. The van der Waals surface area contributed by atoms with Crippen LogP contribution in [0.25, 0.3) is 0 Å². The molecule has 0 saturated heterocycles. The topological polar surface area (TPSA) is 26.0 Å². The first-order valence-electron chi connectivity index (χ1n) is 6.40. The van der Waals surface area contributed by atoms with Gasteiger partial charge in [0.1, 0.15) is 0 Å². The van der Waals surface area contributed by atoms with E-state index in [9.17, 15) is 0 Å². The molecule has 4 atom stereocenters. The lowest BCUT2D eigenvalue weighted by Gasteiger charge is -2.33. The Morgan fingerprint density at radius 3 is 2.57 bits per heavy atom. The molecule has 0 aromatic rings. The van der Waals surface area contributed by atoms with Crippen LogP contribution in [0.3, 0.4) is 0 Å². The summed E-state index contributed by atoms with van der Waals surface area (Å²) in [5.74, 6) is 2.61. The molecule has 0 radical (unpaired) electrons. The first-order chi connectivity index (χ1) is 6.65. The minimum atomic E-state index is 0.469. The van der Waals surface area contributed by atoms with E-state index in [2.05, 4.69) is 20.8 Å². The van der Waals surface area contributed by atoms with Crippen molar-refractivity contribution in [2.45, 2.75) is 65.3 Å². The van der Waals surface area contributed by atoms with E-state index < -0.39 is 0 Å². The van der Waals surface area contributed by atoms with Gasteiger partial charge >= 0.3 is 0 Å². The number of hydrogen-bond donors (Lipinski definition) is 1. The highest BCUT2D eigenvalue weighted by atomic mass is 14.6. The maximum absolute atomic E-state index is 6.15.